The second kappa shape index (κ2) is 3.60. The van der Waals surface area contributed by atoms with Crippen LogP contribution in [-0.2, 0) is 0 Å². The quantitative estimate of drug-likeness (QED) is 0.463. The highest BCUT2D eigenvalue weighted by Gasteiger charge is 2.29. The van der Waals surface area contributed by atoms with Gasteiger partial charge in [0.1, 0.15) is 0 Å². The first-order valence-electron chi connectivity index (χ1n) is 4.84. The highest BCUT2D eigenvalue weighted by molar-refractivity contribution is 5.70. The molecule has 1 aromatic carbocycles. The summed E-state index contributed by atoms with van der Waals surface area (Å²) in [5, 5.41) is 18.8. The van der Waals surface area contributed by atoms with E-state index in [2.05, 4.69) is 0 Å². The van der Waals surface area contributed by atoms with Gasteiger partial charge >= 0.3 is 0 Å². The SMILES string of the molecule is Nc1ccc(N2CC(O)C(O)C2)cc1N. The fourth-order valence-corrected chi connectivity index (χ4v) is 1.74. The molecule has 2 atom stereocenters. The molecule has 82 valence electrons. The van der Waals surface area contributed by atoms with Crippen molar-refractivity contribution in [2.75, 3.05) is 29.5 Å². The smallest absolute Gasteiger partial charge is 0.0990 e. The van der Waals surface area contributed by atoms with Crippen molar-refractivity contribution in [3.05, 3.63) is 18.2 Å². The Kier molecular flexibility index (Phi) is 2.42. The maximum Gasteiger partial charge on any atom is 0.0990 e. The average Bonchev–Trinajstić information content (AvgIpc) is 2.52. The second-order valence-corrected chi connectivity index (χ2v) is 3.85. The number of hydrogen-bond donors (Lipinski definition) is 4. The van der Waals surface area contributed by atoms with Gasteiger partial charge in [0.15, 0.2) is 0 Å². The second-order valence-electron chi connectivity index (χ2n) is 3.85. The van der Waals surface area contributed by atoms with Gasteiger partial charge in [-0.15, -0.1) is 0 Å². The first-order valence-corrected chi connectivity index (χ1v) is 4.84. The van der Waals surface area contributed by atoms with E-state index in [-0.39, 0.29) is 0 Å². The van der Waals surface area contributed by atoms with Crippen molar-refractivity contribution in [3.63, 3.8) is 0 Å². The average molecular weight is 209 g/mol. The van der Waals surface area contributed by atoms with E-state index in [0.29, 0.717) is 24.5 Å². The summed E-state index contributed by atoms with van der Waals surface area (Å²) in [4.78, 5) is 1.88. The van der Waals surface area contributed by atoms with Gasteiger partial charge in [-0.25, -0.2) is 0 Å². The fourth-order valence-electron chi connectivity index (χ4n) is 1.74. The molecule has 2 rings (SSSR count). The molecule has 0 amide bonds. The van der Waals surface area contributed by atoms with Crippen LogP contribution in [0, 0.1) is 0 Å². The Morgan fingerprint density at radius 2 is 1.67 bits per heavy atom. The Labute approximate surface area is 87.9 Å². The molecule has 6 N–H and O–H groups in total. The molecule has 0 bridgehead atoms. The molecule has 0 aromatic heterocycles. The zero-order valence-electron chi connectivity index (χ0n) is 8.30. The van der Waals surface area contributed by atoms with E-state index in [1.165, 1.54) is 0 Å². The van der Waals surface area contributed by atoms with Gasteiger partial charge in [0.05, 0.1) is 23.6 Å². The van der Waals surface area contributed by atoms with Crippen LogP contribution in [0.5, 0.6) is 0 Å². The zero-order valence-corrected chi connectivity index (χ0v) is 8.30. The van der Waals surface area contributed by atoms with Gasteiger partial charge in [-0.2, -0.15) is 0 Å². The van der Waals surface area contributed by atoms with Crippen LogP contribution in [0.3, 0.4) is 0 Å². The van der Waals surface area contributed by atoms with E-state index in [1.807, 2.05) is 11.0 Å². The molecule has 0 saturated carbocycles. The van der Waals surface area contributed by atoms with Gasteiger partial charge in [-0.1, -0.05) is 0 Å². The van der Waals surface area contributed by atoms with Crippen LogP contribution in [0.2, 0.25) is 0 Å². The lowest BCUT2D eigenvalue weighted by Crippen LogP contribution is -2.22. The zero-order chi connectivity index (χ0) is 11.0. The lowest BCUT2D eigenvalue weighted by molar-refractivity contribution is 0.0572. The van der Waals surface area contributed by atoms with Crippen molar-refractivity contribution < 1.29 is 10.2 Å². The maximum atomic E-state index is 9.41. The monoisotopic (exact) mass is 209 g/mol. The van der Waals surface area contributed by atoms with Gasteiger partial charge in [-0.3, -0.25) is 0 Å². The topological polar surface area (TPSA) is 95.7 Å². The molecule has 1 aliphatic rings. The van der Waals surface area contributed by atoms with Crippen LogP contribution in [0.15, 0.2) is 18.2 Å². The van der Waals surface area contributed by atoms with Gasteiger partial charge in [0, 0.05) is 18.8 Å². The van der Waals surface area contributed by atoms with Crippen LogP contribution in [0.25, 0.3) is 0 Å². The molecule has 0 radical (unpaired) electrons. The van der Waals surface area contributed by atoms with Crippen molar-refractivity contribution in [2.24, 2.45) is 0 Å². The lowest BCUT2D eigenvalue weighted by atomic mass is 10.2. The summed E-state index contributed by atoms with van der Waals surface area (Å²) in [7, 11) is 0. The Bertz CT molecular complexity index is 360. The molecule has 1 saturated heterocycles. The normalized spacial score (nSPS) is 25.9. The van der Waals surface area contributed by atoms with Crippen LogP contribution in [-0.4, -0.2) is 35.5 Å². The molecule has 5 nitrogen and oxygen atoms in total. The van der Waals surface area contributed by atoms with Gasteiger partial charge in [-0.05, 0) is 18.2 Å². The number of rotatable bonds is 1. The van der Waals surface area contributed by atoms with E-state index < -0.39 is 12.2 Å². The van der Waals surface area contributed by atoms with Crippen LogP contribution < -0.4 is 16.4 Å². The standard InChI is InChI=1S/C10H15N3O2/c11-7-2-1-6(3-8(7)12)13-4-9(14)10(15)5-13/h1-3,9-10,14-15H,4-5,11-12H2. The fraction of sp³-hybridized carbons (Fsp3) is 0.400. The highest BCUT2D eigenvalue weighted by atomic mass is 16.3. The Balaban J connectivity index is 2.20. The number of aliphatic hydroxyl groups is 2. The number of nitrogens with two attached hydrogens (primary N) is 2. The van der Waals surface area contributed by atoms with Crippen molar-refractivity contribution in [3.8, 4) is 0 Å². The van der Waals surface area contributed by atoms with E-state index in [1.54, 1.807) is 12.1 Å². The molecule has 1 aliphatic heterocycles. The molecule has 1 aromatic rings. The Morgan fingerprint density at radius 3 is 2.20 bits per heavy atom. The number of β-amino-alcohol motifs (C(OH)–C–C–N with tert-alkyl or cyclic N) is 2. The third kappa shape index (κ3) is 1.84. The van der Waals surface area contributed by atoms with E-state index >= 15 is 0 Å². The Morgan fingerprint density at radius 1 is 1.07 bits per heavy atom. The molecule has 15 heavy (non-hydrogen) atoms. The van der Waals surface area contributed by atoms with Crippen molar-refractivity contribution >= 4 is 17.1 Å². The molecular weight excluding hydrogens is 194 g/mol. The lowest BCUT2D eigenvalue weighted by Gasteiger charge is -2.18. The van der Waals surface area contributed by atoms with Gasteiger partial charge < -0.3 is 26.6 Å². The number of nitrogen functional groups attached to an aromatic ring is 2. The molecule has 0 spiro atoms. The third-order valence-electron chi connectivity index (χ3n) is 2.69. The number of anilines is 3. The minimum atomic E-state index is -0.691. The number of hydrogen-bond acceptors (Lipinski definition) is 5. The van der Waals surface area contributed by atoms with Gasteiger partial charge in [0.2, 0.25) is 0 Å². The summed E-state index contributed by atoms with van der Waals surface area (Å²) in [6, 6.07) is 5.30. The summed E-state index contributed by atoms with van der Waals surface area (Å²) in [6.45, 7) is 0.842. The summed E-state index contributed by atoms with van der Waals surface area (Å²) < 4.78 is 0. The third-order valence-corrected chi connectivity index (χ3v) is 2.69. The molecule has 5 heteroatoms. The number of aliphatic hydroxyl groups excluding tert-OH is 2. The largest absolute Gasteiger partial charge is 0.397 e. The molecule has 2 unspecified atom stereocenters. The van der Waals surface area contributed by atoms with E-state index in [9.17, 15) is 10.2 Å². The molecule has 1 heterocycles. The highest BCUT2D eigenvalue weighted by Crippen LogP contribution is 2.25. The van der Waals surface area contributed by atoms with Crippen molar-refractivity contribution in [1.82, 2.24) is 0 Å². The summed E-state index contributed by atoms with van der Waals surface area (Å²) >= 11 is 0. The van der Waals surface area contributed by atoms with Crippen LogP contribution in [0.1, 0.15) is 0 Å². The van der Waals surface area contributed by atoms with E-state index in [4.69, 9.17) is 11.5 Å². The van der Waals surface area contributed by atoms with Gasteiger partial charge in [0.25, 0.3) is 0 Å². The number of benzene rings is 1. The predicted molar refractivity (Wildman–Crippen MR) is 59.5 cm³/mol. The summed E-state index contributed by atoms with van der Waals surface area (Å²) in [5.74, 6) is 0. The first-order chi connectivity index (χ1) is 7.08. The Hall–Kier alpha value is -1.46. The summed E-state index contributed by atoms with van der Waals surface area (Å²) in [6.07, 6.45) is -1.38. The van der Waals surface area contributed by atoms with Crippen molar-refractivity contribution in [2.45, 2.75) is 12.2 Å². The minimum Gasteiger partial charge on any atom is -0.397 e. The molecular formula is C10H15N3O2. The van der Waals surface area contributed by atoms with Crippen LogP contribution >= 0.6 is 0 Å². The minimum absolute atomic E-state index is 0.421. The first kappa shape index (κ1) is 10.1. The maximum absolute atomic E-state index is 9.41. The molecule has 0 aliphatic carbocycles. The van der Waals surface area contributed by atoms with E-state index in [0.717, 1.165) is 5.69 Å². The molecule has 1 fully saturated rings. The predicted octanol–water partition coefficient (Wildman–Crippen LogP) is -0.607. The summed E-state index contributed by atoms with van der Waals surface area (Å²) in [5.41, 5.74) is 13.2. The van der Waals surface area contributed by atoms with Crippen LogP contribution in [0.4, 0.5) is 17.1 Å². The number of nitrogens with zero attached hydrogens (tertiary/aromatic N) is 1. The van der Waals surface area contributed by atoms with Crippen molar-refractivity contribution in [1.29, 1.82) is 0 Å².